The molecule has 3 rings (SSSR count). The van der Waals surface area contributed by atoms with Gasteiger partial charge in [0, 0.05) is 12.1 Å². The lowest BCUT2D eigenvalue weighted by Gasteiger charge is -2.04. The standard InChI is InChI=1S/C23H33N3/c1-5-6-7-8-9-12-16-26-21-14-11-10-13-20(21)25(4)23(26)22-18-19(2)15-17-24(22)3/h10-11,13-15,17-18H,5-9,12,16H2,1-4H3/q+2. The zero-order valence-corrected chi connectivity index (χ0v) is 16.8. The number of benzene rings is 1. The third-order valence-electron chi connectivity index (χ3n) is 5.38. The van der Waals surface area contributed by atoms with Crippen molar-refractivity contribution in [1.29, 1.82) is 0 Å². The van der Waals surface area contributed by atoms with Crippen LogP contribution in [0.3, 0.4) is 0 Å². The summed E-state index contributed by atoms with van der Waals surface area (Å²) in [5, 5.41) is 0. The van der Waals surface area contributed by atoms with Crippen LogP contribution in [0.1, 0.15) is 51.0 Å². The number of imidazole rings is 1. The lowest BCUT2D eigenvalue weighted by molar-refractivity contribution is -0.680. The van der Waals surface area contributed by atoms with Crippen molar-refractivity contribution in [2.24, 2.45) is 14.1 Å². The fourth-order valence-electron chi connectivity index (χ4n) is 3.87. The van der Waals surface area contributed by atoms with Gasteiger partial charge in [0.15, 0.2) is 17.2 Å². The van der Waals surface area contributed by atoms with Gasteiger partial charge in [0.25, 0.3) is 5.69 Å². The Morgan fingerprint density at radius 1 is 0.923 bits per heavy atom. The van der Waals surface area contributed by atoms with Crippen LogP contribution in [0.25, 0.3) is 22.6 Å². The summed E-state index contributed by atoms with van der Waals surface area (Å²) in [7, 11) is 4.33. The Bertz CT molecular complexity index is 877. The number of rotatable bonds is 8. The molecule has 2 heterocycles. The number of unbranched alkanes of at least 4 members (excludes halogenated alkanes) is 5. The largest absolute Gasteiger partial charge is 0.355 e. The summed E-state index contributed by atoms with van der Waals surface area (Å²) in [6.45, 7) is 5.53. The third kappa shape index (κ3) is 3.82. The van der Waals surface area contributed by atoms with Gasteiger partial charge < -0.3 is 0 Å². The second-order valence-electron chi connectivity index (χ2n) is 7.49. The molecule has 0 spiro atoms. The van der Waals surface area contributed by atoms with Gasteiger partial charge in [-0.05, 0) is 37.5 Å². The van der Waals surface area contributed by atoms with Gasteiger partial charge in [-0.15, -0.1) is 0 Å². The average molecular weight is 352 g/mol. The highest BCUT2D eigenvalue weighted by Crippen LogP contribution is 2.22. The Labute approximate surface area is 157 Å². The fourth-order valence-corrected chi connectivity index (χ4v) is 3.87. The topological polar surface area (TPSA) is 12.7 Å². The summed E-state index contributed by atoms with van der Waals surface area (Å²) in [5.74, 6) is 1.30. The van der Waals surface area contributed by atoms with E-state index >= 15 is 0 Å². The SMILES string of the molecule is CCCCCCCCn1c(-c2cc(C)cc[n+]2C)[n+](C)c2ccccc21. The summed E-state index contributed by atoms with van der Waals surface area (Å²) in [6.07, 6.45) is 10.1. The summed E-state index contributed by atoms with van der Waals surface area (Å²) in [6, 6.07) is 13.2. The Balaban J connectivity index is 1.96. The molecule has 0 N–H and O–H groups in total. The lowest BCUT2D eigenvalue weighted by atomic mass is 10.1. The minimum Gasteiger partial charge on any atom is -0.220 e. The maximum Gasteiger partial charge on any atom is 0.355 e. The van der Waals surface area contributed by atoms with E-state index in [0.29, 0.717) is 0 Å². The smallest absolute Gasteiger partial charge is 0.220 e. The van der Waals surface area contributed by atoms with Gasteiger partial charge in [-0.1, -0.05) is 44.7 Å². The predicted molar refractivity (Wildman–Crippen MR) is 108 cm³/mol. The first kappa shape index (κ1) is 18.6. The molecule has 0 fully saturated rings. The van der Waals surface area contributed by atoms with Crippen LogP contribution in [-0.4, -0.2) is 4.57 Å². The normalized spacial score (nSPS) is 11.4. The highest BCUT2D eigenvalue weighted by molar-refractivity contribution is 5.75. The quantitative estimate of drug-likeness (QED) is 0.415. The van der Waals surface area contributed by atoms with Crippen molar-refractivity contribution in [2.75, 3.05) is 0 Å². The molecule has 26 heavy (non-hydrogen) atoms. The van der Waals surface area contributed by atoms with Gasteiger partial charge in [0.2, 0.25) is 0 Å². The van der Waals surface area contributed by atoms with Crippen LogP contribution in [0.2, 0.25) is 0 Å². The Kier molecular flexibility index (Phi) is 6.08. The number of aryl methyl sites for hydroxylation is 4. The maximum absolute atomic E-state index is 2.52. The molecule has 3 aromatic rings. The molecule has 138 valence electrons. The van der Waals surface area contributed by atoms with Crippen LogP contribution in [-0.2, 0) is 20.6 Å². The fraction of sp³-hybridized carbons (Fsp3) is 0.478. The first-order valence-electron chi connectivity index (χ1n) is 10.1. The van der Waals surface area contributed by atoms with Crippen LogP contribution in [0.4, 0.5) is 0 Å². The van der Waals surface area contributed by atoms with Crippen LogP contribution < -0.4 is 9.13 Å². The molecule has 3 nitrogen and oxygen atoms in total. The molecule has 3 heteroatoms. The summed E-state index contributed by atoms with van der Waals surface area (Å²) < 4.78 is 7.10. The number of pyridine rings is 1. The first-order chi connectivity index (χ1) is 12.6. The van der Waals surface area contributed by atoms with Crippen molar-refractivity contribution in [3.63, 3.8) is 0 Å². The highest BCUT2D eigenvalue weighted by atomic mass is 15.2. The second kappa shape index (κ2) is 8.48. The molecule has 0 unspecified atom stereocenters. The van der Waals surface area contributed by atoms with E-state index in [4.69, 9.17) is 0 Å². The molecule has 0 aliphatic heterocycles. The van der Waals surface area contributed by atoms with Crippen molar-refractivity contribution in [3.8, 4) is 11.5 Å². The van der Waals surface area contributed by atoms with Gasteiger partial charge in [-0.25, -0.2) is 9.13 Å². The van der Waals surface area contributed by atoms with E-state index < -0.39 is 0 Å². The molecule has 0 radical (unpaired) electrons. The molecule has 0 saturated heterocycles. The van der Waals surface area contributed by atoms with Crippen molar-refractivity contribution < 1.29 is 9.13 Å². The third-order valence-corrected chi connectivity index (χ3v) is 5.38. The van der Waals surface area contributed by atoms with Gasteiger partial charge in [-0.3, -0.25) is 0 Å². The number of hydrogen-bond acceptors (Lipinski definition) is 0. The van der Waals surface area contributed by atoms with E-state index in [0.717, 1.165) is 6.54 Å². The first-order valence-corrected chi connectivity index (χ1v) is 10.1. The lowest BCUT2D eigenvalue weighted by Crippen LogP contribution is -2.38. The van der Waals surface area contributed by atoms with E-state index in [2.05, 4.69) is 84.2 Å². The van der Waals surface area contributed by atoms with Crippen LogP contribution in [0, 0.1) is 6.92 Å². The molecule has 0 aliphatic carbocycles. The molecule has 0 amide bonds. The monoisotopic (exact) mass is 351 g/mol. The van der Waals surface area contributed by atoms with E-state index in [1.807, 2.05) is 0 Å². The van der Waals surface area contributed by atoms with Crippen LogP contribution in [0.5, 0.6) is 0 Å². The molecule has 1 aromatic carbocycles. The minimum absolute atomic E-state index is 1.08. The van der Waals surface area contributed by atoms with Crippen molar-refractivity contribution in [3.05, 3.63) is 48.2 Å². The number of nitrogens with zero attached hydrogens (tertiary/aromatic N) is 3. The number of para-hydroxylation sites is 2. The number of fused-ring (bicyclic) bond motifs is 1. The van der Waals surface area contributed by atoms with Crippen molar-refractivity contribution in [2.45, 2.75) is 58.9 Å². The van der Waals surface area contributed by atoms with Crippen molar-refractivity contribution in [1.82, 2.24) is 4.57 Å². The average Bonchev–Trinajstić information content (AvgIpc) is 2.92. The van der Waals surface area contributed by atoms with E-state index in [1.165, 1.54) is 66.6 Å². The van der Waals surface area contributed by atoms with Gasteiger partial charge in [0.05, 0.1) is 13.6 Å². The summed E-state index contributed by atoms with van der Waals surface area (Å²) in [5.41, 5.74) is 5.21. The van der Waals surface area contributed by atoms with Crippen molar-refractivity contribution >= 4 is 11.0 Å². The second-order valence-corrected chi connectivity index (χ2v) is 7.49. The van der Waals surface area contributed by atoms with E-state index in [9.17, 15) is 0 Å². The molecule has 0 saturated carbocycles. The summed E-state index contributed by atoms with van der Waals surface area (Å²) >= 11 is 0. The van der Waals surface area contributed by atoms with Gasteiger partial charge in [0.1, 0.15) is 7.05 Å². The minimum atomic E-state index is 1.08. The maximum atomic E-state index is 2.52. The number of hydrogen-bond donors (Lipinski definition) is 0. The zero-order chi connectivity index (χ0) is 18.5. The van der Waals surface area contributed by atoms with Gasteiger partial charge >= 0.3 is 5.82 Å². The molecular formula is C23H33N3+2. The molecule has 0 aliphatic rings. The molecule has 0 bridgehead atoms. The number of aromatic nitrogens is 3. The van der Waals surface area contributed by atoms with Crippen LogP contribution >= 0.6 is 0 Å². The van der Waals surface area contributed by atoms with E-state index in [1.54, 1.807) is 0 Å². The Morgan fingerprint density at radius 2 is 1.65 bits per heavy atom. The van der Waals surface area contributed by atoms with E-state index in [-0.39, 0.29) is 0 Å². The Hall–Kier alpha value is -2.16. The zero-order valence-electron chi connectivity index (χ0n) is 16.8. The van der Waals surface area contributed by atoms with Gasteiger partial charge in [-0.2, -0.15) is 4.57 Å². The Morgan fingerprint density at radius 3 is 2.46 bits per heavy atom. The molecule has 2 aromatic heterocycles. The van der Waals surface area contributed by atoms with Crippen LogP contribution in [0.15, 0.2) is 42.6 Å². The molecule has 0 atom stereocenters. The summed E-state index contributed by atoms with van der Waals surface area (Å²) in [4.78, 5) is 0. The highest BCUT2D eigenvalue weighted by Gasteiger charge is 2.29. The molecular weight excluding hydrogens is 318 g/mol. The predicted octanol–water partition coefficient (Wildman–Crippen LogP) is 4.63.